The first-order valence-electron chi connectivity index (χ1n) is 9.08. The van der Waals surface area contributed by atoms with Crippen LogP contribution in [0.3, 0.4) is 0 Å². The Morgan fingerprint density at radius 2 is 1.75 bits per heavy atom. The molecule has 136 valence electrons. The molecule has 5 nitrogen and oxygen atoms in total. The molecule has 5 rings (SSSR count). The van der Waals surface area contributed by atoms with Crippen LogP contribution in [0.4, 0.5) is 5.69 Å². The van der Waals surface area contributed by atoms with Crippen molar-refractivity contribution in [1.29, 1.82) is 0 Å². The molecule has 5 heteroatoms. The van der Waals surface area contributed by atoms with Gasteiger partial charge in [0.1, 0.15) is 11.5 Å². The Morgan fingerprint density at radius 3 is 2.54 bits per heavy atom. The molecule has 3 heterocycles. The van der Waals surface area contributed by atoms with E-state index in [1.165, 1.54) is 0 Å². The van der Waals surface area contributed by atoms with Gasteiger partial charge >= 0.3 is 0 Å². The van der Waals surface area contributed by atoms with Crippen LogP contribution < -0.4 is 5.73 Å². The number of carbonyl (C=O) groups excluding carboxylic acids is 1. The number of nitrogens with zero attached hydrogens (tertiary/aromatic N) is 2. The number of aryl methyl sites for hydroxylation is 1. The number of imidazole rings is 1. The van der Waals surface area contributed by atoms with Crippen molar-refractivity contribution >= 4 is 28.0 Å². The number of aromatic nitrogens is 3. The fraction of sp³-hybridized carbons (Fsp3) is 0.0435. The summed E-state index contributed by atoms with van der Waals surface area (Å²) in [6.07, 6.45) is 1.86. The standard InChI is InChI=1S/C23H18N4O/c1-14-9-11-15(12-10-14)22(28)21-20(24)19(18-8-4-5-13-27(18)21)23-25-16-6-2-3-7-17(16)26-23/h2-13H,24H2,1H3,(H,25,26). The highest BCUT2D eigenvalue weighted by molar-refractivity contribution is 6.15. The van der Waals surface area contributed by atoms with E-state index < -0.39 is 0 Å². The van der Waals surface area contributed by atoms with Gasteiger partial charge in [-0.15, -0.1) is 0 Å². The zero-order chi connectivity index (χ0) is 19.3. The highest BCUT2D eigenvalue weighted by atomic mass is 16.1. The fourth-order valence-corrected chi connectivity index (χ4v) is 3.62. The highest BCUT2D eigenvalue weighted by Gasteiger charge is 2.24. The van der Waals surface area contributed by atoms with E-state index in [-0.39, 0.29) is 5.78 Å². The second-order valence-electron chi connectivity index (χ2n) is 6.89. The van der Waals surface area contributed by atoms with Gasteiger partial charge in [0.15, 0.2) is 0 Å². The minimum Gasteiger partial charge on any atom is -0.396 e. The number of anilines is 1. The lowest BCUT2D eigenvalue weighted by Crippen LogP contribution is -2.08. The molecular formula is C23H18N4O. The van der Waals surface area contributed by atoms with Crippen LogP contribution in [0.5, 0.6) is 0 Å². The molecule has 0 fully saturated rings. The molecule has 28 heavy (non-hydrogen) atoms. The summed E-state index contributed by atoms with van der Waals surface area (Å²) in [6.45, 7) is 2.00. The lowest BCUT2D eigenvalue weighted by molar-refractivity contribution is 0.103. The molecule has 0 bridgehead atoms. The van der Waals surface area contributed by atoms with Gasteiger partial charge in [0.2, 0.25) is 5.78 Å². The Kier molecular flexibility index (Phi) is 3.55. The summed E-state index contributed by atoms with van der Waals surface area (Å²) in [5, 5.41) is 0. The van der Waals surface area contributed by atoms with Crippen molar-refractivity contribution in [1.82, 2.24) is 14.4 Å². The van der Waals surface area contributed by atoms with Crippen LogP contribution >= 0.6 is 0 Å². The van der Waals surface area contributed by atoms with Gasteiger partial charge in [-0.05, 0) is 31.2 Å². The molecule has 0 aliphatic carbocycles. The normalized spacial score (nSPS) is 11.3. The number of para-hydroxylation sites is 2. The van der Waals surface area contributed by atoms with E-state index in [0.717, 1.165) is 27.7 Å². The molecule has 0 unspecified atom stereocenters. The molecule has 3 aromatic heterocycles. The Hall–Kier alpha value is -3.86. The van der Waals surface area contributed by atoms with Crippen molar-refractivity contribution in [3.63, 3.8) is 0 Å². The summed E-state index contributed by atoms with van der Waals surface area (Å²) in [7, 11) is 0. The zero-order valence-corrected chi connectivity index (χ0v) is 15.3. The third kappa shape index (κ3) is 2.41. The van der Waals surface area contributed by atoms with E-state index in [1.54, 1.807) is 0 Å². The molecule has 0 aliphatic heterocycles. The van der Waals surface area contributed by atoms with Crippen molar-refractivity contribution in [2.24, 2.45) is 0 Å². The second kappa shape index (κ2) is 6.09. The van der Waals surface area contributed by atoms with E-state index in [4.69, 9.17) is 10.7 Å². The molecule has 0 saturated heterocycles. The minimum atomic E-state index is -0.110. The first-order chi connectivity index (χ1) is 13.6. The number of rotatable bonds is 3. The molecule has 0 spiro atoms. The molecule has 0 saturated carbocycles. The van der Waals surface area contributed by atoms with Gasteiger partial charge < -0.3 is 15.1 Å². The number of aromatic amines is 1. The number of nitrogen functional groups attached to an aromatic ring is 1. The van der Waals surface area contributed by atoms with E-state index in [1.807, 2.05) is 84.3 Å². The predicted octanol–water partition coefficient (Wildman–Crippen LogP) is 4.60. The van der Waals surface area contributed by atoms with Crippen molar-refractivity contribution in [3.05, 3.63) is 89.7 Å². The van der Waals surface area contributed by atoms with Crippen LogP contribution in [0.1, 0.15) is 21.6 Å². The van der Waals surface area contributed by atoms with Crippen molar-refractivity contribution in [3.8, 4) is 11.4 Å². The van der Waals surface area contributed by atoms with Gasteiger partial charge in [-0.1, -0.05) is 48.0 Å². The number of nitrogens with one attached hydrogen (secondary N) is 1. The third-order valence-electron chi connectivity index (χ3n) is 5.04. The third-order valence-corrected chi connectivity index (χ3v) is 5.04. The number of carbonyl (C=O) groups is 1. The SMILES string of the molecule is Cc1ccc(C(=O)c2c(N)c(-c3nc4ccccc4[nH]3)c3ccccn23)cc1. The maximum Gasteiger partial charge on any atom is 0.211 e. The number of benzene rings is 2. The summed E-state index contributed by atoms with van der Waals surface area (Å²) < 4.78 is 1.85. The molecular weight excluding hydrogens is 348 g/mol. The van der Waals surface area contributed by atoms with E-state index in [2.05, 4.69) is 4.98 Å². The van der Waals surface area contributed by atoms with Gasteiger partial charge in [-0.3, -0.25) is 4.79 Å². The van der Waals surface area contributed by atoms with Gasteiger partial charge in [0.05, 0.1) is 27.8 Å². The zero-order valence-electron chi connectivity index (χ0n) is 15.3. The van der Waals surface area contributed by atoms with Gasteiger partial charge in [-0.25, -0.2) is 4.98 Å². The average Bonchev–Trinajstić information content (AvgIpc) is 3.25. The van der Waals surface area contributed by atoms with Crippen LogP contribution in [0.25, 0.3) is 27.9 Å². The first kappa shape index (κ1) is 16.3. The monoisotopic (exact) mass is 366 g/mol. The quantitative estimate of drug-likeness (QED) is 0.458. The fourth-order valence-electron chi connectivity index (χ4n) is 3.62. The summed E-state index contributed by atoms with van der Waals surface area (Å²) in [5.41, 5.74) is 12.5. The minimum absolute atomic E-state index is 0.110. The number of fused-ring (bicyclic) bond motifs is 2. The van der Waals surface area contributed by atoms with Crippen LogP contribution in [0.15, 0.2) is 72.9 Å². The summed E-state index contributed by atoms with van der Waals surface area (Å²) in [5.74, 6) is 0.548. The number of nitrogens with two attached hydrogens (primary N) is 1. The average molecular weight is 366 g/mol. The molecule has 5 aromatic rings. The van der Waals surface area contributed by atoms with Gasteiger partial charge in [0, 0.05) is 11.8 Å². The number of pyridine rings is 1. The van der Waals surface area contributed by atoms with E-state index in [9.17, 15) is 4.79 Å². The van der Waals surface area contributed by atoms with Crippen LogP contribution in [0.2, 0.25) is 0 Å². The Labute approximate surface area is 161 Å². The van der Waals surface area contributed by atoms with Crippen LogP contribution in [0, 0.1) is 6.92 Å². The Bertz CT molecular complexity index is 1310. The van der Waals surface area contributed by atoms with Gasteiger partial charge in [-0.2, -0.15) is 0 Å². The Balaban J connectivity index is 1.76. The van der Waals surface area contributed by atoms with Crippen molar-refractivity contribution in [2.45, 2.75) is 6.92 Å². The maximum absolute atomic E-state index is 13.3. The highest BCUT2D eigenvalue weighted by Crippen LogP contribution is 2.36. The molecule has 0 amide bonds. The van der Waals surface area contributed by atoms with Crippen LogP contribution in [-0.2, 0) is 0 Å². The topological polar surface area (TPSA) is 76.2 Å². The predicted molar refractivity (Wildman–Crippen MR) is 112 cm³/mol. The number of hydrogen-bond acceptors (Lipinski definition) is 3. The number of ketones is 1. The largest absolute Gasteiger partial charge is 0.396 e. The Morgan fingerprint density at radius 1 is 1.00 bits per heavy atom. The molecule has 3 N–H and O–H groups in total. The molecule has 0 aliphatic rings. The van der Waals surface area contributed by atoms with Crippen LogP contribution in [-0.4, -0.2) is 20.2 Å². The van der Waals surface area contributed by atoms with Gasteiger partial charge in [0.25, 0.3) is 0 Å². The lowest BCUT2D eigenvalue weighted by Gasteiger charge is -2.04. The first-order valence-corrected chi connectivity index (χ1v) is 9.08. The van der Waals surface area contributed by atoms with Crippen molar-refractivity contribution < 1.29 is 4.79 Å². The smallest absolute Gasteiger partial charge is 0.211 e. The summed E-state index contributed by atoms with van der Waals surface area (Å²) in [6, 6.07) is 21.1. The van der Waals surface area contributed by atoms with Crippen molar-refractivity contribution in [2.75, 3.05) is 5.73 Å². The second-order valence-corrected chi connectivity index (χ2v) is 6.89. The lowest BCUT2D eigenvalue weighted by atomic mass is 10.0. The number of H-pyrrole nitrogens is 1. The van der Waals surface area contributed by atoms with E-state index in [0.29, 0.717) is 22.8 Å². The number of hydrogen-bond donors (Lipinski definition) is 2. The molecule has 0 radical (unpaired) electrons. The summed E-state index contributed by atoms with van der Waals surface area (Å²) in [4.78, 5) is 21.3. The van der Waals surface area contributed by atoms with E-state index >= 15 is 0 Å². The maximum atomic E-state index is 13.3. The molecule has 0 atom stereocenters. The summed E-state index contributed by atoms with van der Waals surface area (Å²) >= 11 is 0. The molecule has 2 aromatic carbocycles.